The van der Waals surface area contributed by atoms with Crippen LogP contribution in [0.15, 0.2) is 42.5 Å². The van der Waals surface area contributed by atoms with Gasteiger partial charge in [-0.15, -0.1) is 0 Å². The van der Waals surface area contributed by atoms with Crippen LogP contribution in [0.25, 0.3) is 11.1 Å². The van der Waals surface area contributed by atoms with Gasteiger partial charge >= 0.3 is 6.09 Å². The van der Waals surface area contributed by atoms with Crippen LogP contribution >= 0.6 is 0 Å². The molecule has 0 saturated heterocycles. The van der Waals surface area contributed by atoms with E-state index in [4.69, 9.17) is 19.9 Å². The van der Waals surface area contributed by atoms with Gasteiger partial charge in [-0.25, -0.2) is 4.79 Å². The molecular weight excluding hydrogens is 330 g/mol. The standard InChI is InChI=1S/C21H25NO4/c1-21(2)10-9-14-7-8-16(12-18(14)19(21)26-20(22)23)15-5-4-6-17(11-15)25-13-24-3/h4-8,11-12,19H,9-10,13H2,1-3H3,(H2,22,23). The van der Waals surface area contributed by atoms with Crippen LogP contribution in [0.4, 0.5) is 4.79 Å². The molecule has 2 aromatic carbocycles. The third kappa shape index (κ3) is 3.83. The second-order valence-corrected chi connectivity index (χ2v) is 7.30. The molecule has 2 aromatic rings. The Labute approximate surface area is 154 Å². The van der Waals surface area contributed by atoms with Gasteiger partial charge in [0.2, 0.25) is 0 Å². The van der Waals surface area contributed by atoms with Crippen molar-refractivity contribution in [3.05, 3.63) is 53.6 Å². The van der Waals surface area contributed by atoms with Crippen molar-refractivity contribution in [1.82, 2.24) is 0 Å². The topological polar surface area (TPSA) is 70.8 Å². The second kappa shape index (κ2) is 7.38. The molecule has 0 aliphatic heterocycles. The van der Waals surface area contributed by atoms with E-state index < -0.39 is 6.09 Å². The van der Waals surface area contributed by atoms with Gasteiger partial charge in [-0.2, -0.15) is 0 Å². The van der Waals surface area contributed by atoms with Crippen molar-refractivity contribution in [3.63, 3.8) is 0 Å². The number of benzene rings is 2. The maximum Gasteiger partial charge on any atom is 0.405 e. The number of ether oxygens (including phenoxy) is 3. The fraction of sp³-hybridized carbons (Fsp3) is 0.381. The maximum absolute atomic E-state index is 11.4. The average molecular weight is 355 g/mol. The summed E-state index contributed by atoms with van der Waals surface area (Å²) in [5.74, 6) is 0.743. The molecule has 1 atom stereocenters. The van der Waals surface area contributed by atoms with Crippen LogP contribution in [0.2, 0.25) is 0 Å². The summed E-state index contributed by atoms with van der Waals surface area (Å²) < 4.78 is 16.0. The van der Waals surface area contributed by atoms with E-state index in [0.717, 1.165) is 35.3 Å². The van der Waals surface area contributed by atoms with Crippen LogP contribution in [0.3, 0.4) is 0 Å². The largest absolute Gasteiger partial charge is 0.468 e. The summed E-state index contributed by atoms with van der Waals surface area (Å²) in [6.07, 6.45) is 0.809. The lowest BCUT2D eigenvalue weighted by molar-refractivity contribution is 0.0147. The highest BCUT2D eigenvalue weighted by Gasteiger charge is 2.38. The summed E-state index contributed by atoms with van der Waals surface area (Å²) in [4.78, 5) is 11.4. The molecule has 0 radical (unpaired) electrons. The summed E-state index contributed by atoms with van der Waals surface area (Å²) in [6, 6.07) is 14.1. The van der Waals surface area contributed by atoms with Gasteiger partial charge in [-0.05, 0) is 53.3 Å². The molecule has 0 spiro atoms. The summed E-state index contributed by atoms with van der Waals surface area (Å²) in [7, 11) is 1.59. The van der Waals surface area contributed by atoms with Crippen LogP contribution in [-0.2, 0) is 15.9 Å². The zero-order valence-corrected chi connectivity index (χ0v) is 15.5. The maximum atomic E-state index is 11.4. The molecule has 1 aliphatic carbocycles. The van der Waals surface area contributed by atoms with Crippen LogP contribution < -0.4 is 10.5 Å². The molecule has 0 heterocycles. The molecule has 0 fully saturated rings. The minimum Gasteiger partial charge on any atom is -0.468 e. The van der Waals surface area contributed by atoms with Gasteiger partial charge in [0.1, 0.15) is 11.9 Å². The van der Waals surface area contributed by atoms with Crippen molar-refractivity contribution in [2.75, 3.05) is 13.9 Å². The van der Waals surface area contributed by atoms with E-state index >= 15 is 0 Å². The molecule has 1 aliphatic rings. The number of aryl methyl sites for hydroxylation is 1. The zero-order valence-electron chi connectivity index (χ0n) is 15.5. The number of methoxy groups -OCH3 is 1. The molecule has 1 amide bonds. The molecule has 26 heavy (non-hydrogen) atoms. The summed E-state index contributed by atoms with van der Waals surface area (Å²) in [6.45, 7) is 4.42. The molecular formula is C21H25NO4. The van der Waals surface area contributed by atoms with E-state index in [1.165, 1.54) is 5.56 Å². The highest BCUT2D eigenvalue weighted by atomic mass is 16.7. The fourth-order valence-electron chi connectivity index (χ4n) is 3.49. The van der Waals surface area contributed by atoms with Crippen molar-refractivity contribution in [3.8, 4) is 16.9 Å². The molecule has 3 rings (SSSR count). The Balaban J connectivity index is 1.98. The van der Waals surface area contributed by atoms with Crippen molar-refractivity contribution in [1.29, 1.82) is 0 Å². The van der Waals surface area contributed by atoms with E-state index in [-0.39, 0.29) is 18.3 Å². The van der Waals surface area contributed by atoms with E-state index in [2.05, 4.69) is 32.0 Å². The van der Waals surface area contributed by atoms with Gasteiger partial charge in [-0.3, -0.25) is 0 Å². The van der Waals surface area contributed by atoms with E-state index in [9.17, 15) is 4.79 Å². The Kier molecular flexibility index (Phi) is 5.18. The fourth-order valence-corrected chi connectivity index (χ4v) is 3.49. The lowest BCUT2D eigenvalue weighted by Gasteiger charge is -2.39. The van der Waals surface area contributed by atoms with Crippen LogP contribution in [0, 0.1) is 5.41 Å². The third-order valence-electron chi connectivity index (χ3n) is 4.92. The van der Waals surface area contributed by atoms with Crippen molar-refractivity contribution < 1.29 is 19.0 Å². The first-order chi connectivity index (χ1) is 12.4. The SMILES string of the molecule is COCOc1cccc(-c2ccc3c(c2)C(OC(N)=O)C(C)(C)CC3)c1. The van der Waals surface area contributed by atoms with Crippen molar-refractivity contribution in [2.24, 2.45) is 11.1 Å². The van der Waals surface area contributed by atoms with E-state index in [1.807, 2.05) is 24.3 Å². The minimum atomic E-state index is -0.740. The number of fused-ring (bicyclic) bond motifs is 1. The van der Waals surface area contributed by atoms with Crippen LogP contribution in [0.1, 0.15) is 37.5 Å². The molecule has 0 aromatic heterocycles. The number of carbonyl (C=O) groups excluding carboxylic acids is 1. The monoisotopic (exact) mass is 355 g/mol. The van der Waals surface area contributed by atoms with Gasteiger partial charge in [0.25, 0.3) is 0 Å². The van der Waals surface area contributed by atoms with Crippen molar-refractivity contribution in [2.45, 2.75) is 32.8 Å². The normalized spacial score (nSPS) is 18.0. The van der Waals surface area contributed by atoms with Crippen LogP contribution in [0.5, 0.6) is 5.75 Å². The second-order valence-electron chi connectivity index (χ2n) is 7.30. The van der Waals surface area contributed by atoms with Gasteiger partial charge in [0.05, 0.1) is 0 Å². The number of rotatable bonds is 5. The number of hydrogen-bond donors (Lipinski definition) is 1. The Morgan fingerprint density at radius 2 is 1.96 bits per heavy atom. The summed E-state index contributed by atoms with van der Waals surface area (Å²) in [5.41, 5.74) is 9.47. The number of carbonyl (C=O) groups is 1. The lowest BCUT2D eigenvalue weighted by atomic mass is 9.71. The summed E-state index contributed by atoms with van der Waals surface area (Å²) in [5, 5.41) is 0. The van der Waals surface area contributed by atoms with Gasteiger partial charge in [-0.1, -0.05) is 38.1 Å². The number of nitrogens with two attached hydrogens (primary N) is 1. The number of amides is 1. The summed E-state index contributed by atoms with van der Waals surface area (Å²) >= 11 is 0. The molecule has 1 unspecified atom stereocenters. The molecule has 5 heteroatoms. The molecule has 0 bridgehead atoms. The molecule has 5 nitrogen and oxygen atoms in total. The first-order valence-corrected chi connectivity index (χ1v) is 8.72. The lowest BCUT2D eigenvalue weighted by Crippen LogP contribution is -2.33. The first-order valence-electron chi connectivity index (χ1n) is 8.72. The van der Waals surface area contributed by atoms with Gasteiger partial charge in [0.15, 0.2) is 6.79 Å². The quantitative estimate of drug-likeness (QED) is 0.805. The first kappa shape index (κ1) is 18.3. The molecule has 2 N–H and O–H groups in total. The average Bonchev–Trinajstić information content (AvgIpc) is 2.62. The highest BCUT2D eigenvalue weighted by Crippen LogP contribution is 2.46. The highest BCUT2D eigenvalue weighted by molar-refractivity contribution is 5.68. The third-order valence-corrected chi connectivity index (χ3v) is 4.92. The molecule has 0 saturated carbocycles. The number of primary amides is 1. The predicted molar refractivity (Wildman–Crippen MR) is 99.9 cm³/mol. The van der Waals surface area contributed by atoms with Crippen LogP contribution in [-0.4, -0.2) is 20.0 Å². The Morgan fingerprint density at radius 3 is 2.69 bits per heavy atom. The van der Waals surface area contributed by atoms with E-state index in [0.29, 0.717) is 0 Å². The van der Waals surface area contributed by atoms with Crippen molar-refractivity contribution >= 4 is 6.09 Å². The predicted octanol–water partition coefficient (Wildman–Crippen LogP) is 4.45. The smallest absolute Gasteiger partial charge is 0.405 e. The van der Waals surface area contributed by atoms with Gasteiger partial charge < -0.3 is 19.9 Å². The molecule has 138 valence electrons. The number of hydrogen-bond acceptors (Lipinski definition) is 4. The van der Waals surface area contributed by atoms with E-state index in [1.54, 1.807) is 7.11 Å². The Bertz CT molecular complexity index is 800. The van der Waals surface area contributed by atoms with Gasteiger partial charge in [0, 0.05) is 12.5 Å². The Morgan fingerprint density at radius 1 is 1.19 bits per heavy atom. The Hall–Kier alpha value is -2.53. The zero-order chi connectivity index (χ0) is 18.7. The minimum absolute atomic E-state index is 0.163.